The van der Waals surface area contributed by atoms with Crippen LogP contribution in [0.1, 0.15) is 18.9 Å². The van der Waals surface area contributed by atoms with Crippen molar-refractivity contribution in [2.45, 2.75) is 25.8 Å². The standard InChI is InChI=1S/C18H22N4O2/c1-12-11-23-10-8-22(12)17-15-3-2-9-24-18(15)21-16(20-17)13-4-6-14(19)7-5-13/h4-7,12H,2-3,8-11,19H2,1H3/t12-/m0/s1. The van der Waals surface area contributed by atoms with Gasteiger partial charge in [0.1, 0.15) is 5.82 Å². The third-order valence-corrected chi connectivity index (χ3v) is 4.57. The zero-order valence-electron chi connectivity index (χ0n) is 13.9. The van der Waals surface area contributed by atoms with Crippen molar-refractivity contribution in [2.75, 3.05) is 37.0 Å². The van der Waals surface area contributed by atoms with Gasteiger partial charge in [-0.3, -0.25) is 0 Å². The Morgan fingerprint density at radius 1 is 1.17 bits per heavy atom. The first kappa shape index (κ1) is 15.2. The Bertz CT molecular complexity index is 733. The molecule has 0 aliphatic carbocycles. The van der Waals surface area contributed by atoms with Gasteiger partial charge in [0.15, 0.2) is 5.82 Å². The molecule has 0 spiro atoms. The first-order valence-electron chi connectivity index (χ1n) is 8.46. The minimum absolute atomic E-state index is 0.291. The van der Waals surface area contributed by atoms with E-state index in [1.54, 1.807) is 0 Å². The van der Waals surface area contributed by atoms with E-state index in [1.165, 1.54) is 0 Å². The number of aromatic nitrogens is 2. The van der Waals surface area contributed by atoms with Crippen LogP contribution in [0.2, 0.25) is 0 Å². The fourth-order valence-corrected chi connectivity index (χ4v) is 3.25. The molecule has 0 bridgehead atoms. The van der Waals surface area contributed by atoms with Crippen LogP contribution in [0, 0.1) is 0 Å². The van der Waals surface area contributed by atoms with Gasteiger partial charge < -0.3 is 20.1 Å². The quantitative estimate of drug-likeness (QED) is 0.854. The summed E-state index contributed by atoms with van der Waals surface area (Å²) in [5.41, 5.74) is 8.59. The number of ether oxygens (including phenoxy) is 2. The molecular weight excluding hydrogens is 304 g/mol. The molecule has 1 aromatic heterocycles. The molecule has 0 unspecified atom stereocenters. The van der Waals surface area contributed by atoms with Crippen molar-refractivity contribution in [3.63, 3.8) is 0 Å². The highest BCUT2D eigenvalue weighted by atomic mass is 16.5. The van der Waals surface area contributed by atoms with Crippen molar-refractivity contribution in [1.29, 1.82) is 0 Å². The van der Waals surface area contributed by atoms with Crippen LogP contribution in [0.4, 0.5) is 11.5 Å². The Balaban J connectivity index is 1.81. The summed E-state index contributed by atoms with van der Waals surface area (Å²) in [6, 6.07) is 7.93. The lowest BCUT2D eigenvalue weighted by molar-refractivity contribution is 0.0983. The van der Waals surface area contributed by atoms with Crippen molar-refractivity contribution < 1.29 is 9.47 Å². The van der Waals surface area contributed by atoms with Crippen LogP contribution >= 0.6 is 0 Å². The Labute approximate surface area is 141 Å². The summed E-state index contributed by atoms with van der Waals surface area (Å²) < 4.78 is 11.4. The van der Waals surface area contributed by atoms with Gasteiger partial charge in [-0.05, 0) is 44.0 Å². The normalized spacial score (nSPS) is 20.4. The molecule has 2 N–H and O–H groups in total. The van der Waals surface area contributed by atoms with Crippen molar-refractivity contribution in [3.05, 3.63) is 29.8 Å². The molecule has 1 atom stereocenters. The van der Waals surface area contributed by atoms with Gasteiger partial charge in [0.2, 0.25) is 5.88 Å². The van der Waals surface area contributed by atoms with E-state index in [0.29, 0.717) is 18.5 Å². The van der Waals surface area contributed by atoms with Crippen molar-refractivity contribution in [1.82, 2.24) is 9.97 Å². The van der Waals surface area contributed by atoms with Gasteiger partial charge >= 0.3 is 0 Å². The lowest BCUT2D eigenvalue weighted by Gasteiger charge is -2.36. The molecular formula is C18H22N4O2. The maximum absolute atomic E-state index is 5.84. The molecule has 1 fully saturated rings. The van der Waals surface area contributed by atoms with Crippen molar-refractivity contribution in [3.8, 4) is 17.3 Å². The zero-order valence-corrected chi connectivity index (χ0v) is 13.9. The Kier molecular flexibility index (Phi) is 3.98. The van der Waals surface area contributed by atoms with Crippen LogP contribution in [-0.4, -0.2) is 42.4 Å². The van der Waals surface area contributed by atoms with Crippen LogP contribution in [0.15, 0.2) is 24.3 Å². The summed E-state index contributed by atoms with van der Waals surface area (Å²) >= 11 is 0. The molecule has 3 heterocycles. The van der Waals surface area contributed by atoms with Crippen molar-refractivity contribution in [2.24, 2.45) is 0 Å². The smallest absolute Gasteiger partial charge is 0.222 e. The first-order chi connectivity index (χ1) is 11.7. The maximum Gasteiger partial charge on any atom is 0.222 e. The average molecular weight is 326 g/mol. The van der Waals surface area contributed by atoms with E-state index < -0.39 is 0 Å². The fourth-order valence-electron chi connectivity index (χ4n) is 3.25. The highest BCUT2D eigenvalue weighted by molar-refractivity contribution is 5.64. The second kappa shape index (κ2) is 6.28. The SMILES string of the molecule is C[C@H]1COCCN1c1nc(-c2ccc(N)cc2)nc2c1CCCO2. The minimum Gasteiger partial charge on any atom is -0.477 e. The number of fused-ring (bicyclic) bond motifs is 1. The summed E-state index contributed by atoms with van der Waals surface area (Å²) in [6.45, 7) is 5.16. The Morgan fingerprint density at radius 2 is 2.00 bits per heavy atom. The monoisotopic (exact) mass is 326 g/mol. The summed E-state index contributed by atoms with van der Waals surface area (Å²) in [5.74, 6) is 2.39. The molecule has 2 aliphatic rings. The van der Waals surface area contributed by atoms with E-state index >= 15 is 0 Å². The van der Waals surface area contributed by atoms with Gasteiger partial charge in [-0.25, -0.2) is 4.98 Å². The Hall–Kier alpha value is -2.34. The lowest BCUT2D eigenvalue weighted by atomic mass is 10.1. The number of nitrogens with zero attached hydrogens (tertiary/aromatic N) is 3. The van der Waals surface area contributed by atoms with Crippen molar-refractivity contribution >= 4 is 11.5 Å². The van der Waals surface area contributed by atoms with E-state index in [2.05, 4.69) is 16.8 Å². The maximum atomic E-state index is 5.84. The zero-order chi connectivity index (χ0) is 16.5. The molecule has 2 aliphatic heterocycles. The molecule has 0 radical (unpaired) electrons. The van der Waals surface area contributed by atoms with Crippen LogP contribution in [-0.2, 0) is 11.2 Å². The van der Waals surface area contributed by atoms with Gasteiger partial charge in [0.05, 0.1) is 31.4 Å². The summed E-state index contributed by atoms with van der Waals surface area (Å²) in [5, 5.41) is 0. The van der Waals surface area contributed by atoms with Crippen LogP contribution in [0.5, 0.6) is 5.88 Å². The number of nitrogens with two attached hydrogens (primary N) is 1. The van der Waals surface area contributed by atoms with Crippen LogP contribution < -0.4 is 15.4 Å². The van der Waals surface area contributed by atoms with Gasteiger partial charge in [-0.1, -0.05) is 0 Å². The summed E-state index contributed by atoms with van der Waals surface area (Å²) in [6.07, 6.45) is 1.96. The minimum atomic E-state index is 0.291. The molecule has 4 rings (SSSR count). The largest absolute Gasteiger partial charge is 0.477 e. The molecule has 0 saturated carbocycles. The third kappa shape index (κ3) is 2.78. The van der Waals surface area contributed by atoms with E-state index in [-0.39, 0.29) is 0 Å². The second-order valence-corrected chi connectivity index (χ2v) is 6.35. The molecule has 1 saturated heterocycles. The van der Waals surface area contributed by atoms with E-state index in [4.69, 9.17) is 20.2 Å². The second-order valence-electron chi connectivity index (χ2n) is 6.35. The average Bonchev–Trinajstić information content (AvgIpc) is 2.62. The fraction of sp³-hybridized carbons (Fsp3) is 0.444. The summed E-state index contributed by atoms with van der Waals surface area (Å²) in [7, 11) is 0. The molecule has 126 valence electrons. The highest BCUT2D eigenvalue weighted by Crippen LogP contribution is 2.34. The summed E-state index contributed by atoms with van der Waals surface area (Å²) in [4.78, 5) is 11.9. The van der Waals surface area contributed by atoms with Gasteiger partial charge in [-0.2, -0.15) is 4.98 Å². The van der Waals surface area contributed by atoms with E-state index in [0.717, 1.165) is 61.1 Å². The first-order valence-corrected chi connectivity index (χ1v) is 8.46. The predicted molar refractivity (Wildman–Crippen MR) is 93.3 cm³/mol. The lowest BCUT2D eigenvalue weighted by Crippen LogP contribution is -2.45. The number of anilines is 2. The Morgan fingerprint density at radius 3 is 2.79 bits per heavy atom. The number of morpholine rings is 1. The highest BCUT2D eigenvalue weighted by Gasteiger charge is 2.27. The van der Waals surface area contributed by atoms with Crippen LogP contribution in [0.3, 0.4) is 0 Å². The molecule has 0 amide bonds. The number of benzene rings is 1. The van der Waals surface area contributed by atoms with Crippen LogP contribution in [0.25, 0.3) is 11.4 Å². The van der Waals surface area contributed by atoms with E-state index in [9.17, 15) is 0 Å². The molecule has 6 heteroatoms. The molecule has 6 nitrogen and oxygen atoms in total. The third-order valence-electron chi connectivity index (χ3n) is 4.57. The topological polar surface area (TPSA) is 73.5 Å². The number of hydrogen-bond donors (Lipinski definition) is 1. The van der Waals surface area contributed by atoms with Gasteiger partial charge in [-0.15, -0.1) is 0 Å². The number of hydrogen-bond acceptors (Lipinski definition) is 6. The molecule has 2 aromatic rings. The number of rotatable bonds is 2. The van der Waals surface area contributed by atoms with Gasteiger partial charge in [0.25, 0.3) is 0 Å². The molecule has 24 heavy (non-hydrogen) atoms. The molecule has 1 aromatic carbocycles. The van der Waals surface area contributed by atoms with E-state index in [1.807, 2.05) is 24.3 Å². The van der Waals surface area contributed by atoms with Gasteiger partial charge in [0, 0.05) is 17.8 Å². The predicted octanol–water partition coefficient (Wildman–Crippen LogP) is 2.28. The number of nitrogen functional groups attached to an aromatic ring is 1.